The molecular formula is C7H7F2N3O2. The molecule has 0 saturated heterocycles. The highest BCUT2D eigenvalue weighted by Crippen LogP contribution is 2.33. The number of carbonyl (C=O) groups is 1. The summed E-state index contributed by atoms with van der Waals surface area (Å²) >= 11 is 0. The van der Waals surface area contributed by atoms with Gasteiger partial charge in [0.2, 0.25) is 0 Å². The number of halogens is 2. The number of aromatic hydroxyl groups is 1. The Balaban J connectivity index is 3.41. The third-order valence-corrected chi connectivity index (χ3v) is 1.59. The van der Waals surface area contributed by atoms with Gasteiger partial charge in [-0.2, -0.15) is 0 Å². The van der Waals surface area contributed by atoms with Gasteiger partial charge in [0.25, 0.3) is 12.3 Å². The Bertz CT molecular complexity index is 381. The summed E-state index contributed by atoms with van der Waals surface area (Å²) in [6, 6.07) is 0. The molecule has 1 aromatic heterocycles. The molecule has 0 aliphatic rings. The van der Waals surface area contributed by atoms with Gasteiger partial charge < -0.3 is 16.6 Å². The Labute approximate surface area is 77.3 Å². The van der Waals surface area contributed by atoms with Crippen molar-refractivity contribution >= 4 is 11.6 Å². The number of anilines is 1. The molecule has 5 nitrogen and oxygen atoms in total. The van der Waals surface area contributed by atoms with E-state index >= 15 is 0 Å². The molecule has 1 aromatic rings. The predicted octanol–water partition coefficient (Wildman–Crippen LogP) is 0.406. The van der Waals surface area contributed by atoms with Gasteiger partial charge in [0.1, 0.15) is 5.75 Å². The number of nitrogens with two attached hydrogens (primary N) is 2. The van der Waals surface area contributed by atoms with Gasteiger partial charge in [0.05, 0.1) is 17.4 Å². The first-order chi connectivity index (χ1) is 6.45. The van der Waals surface area contributed by atoms with E-state index in [1.807, 2.05) is 0 Å². The Morgan fingerprint density at radius 1 is 1.57 bits per heavy atom. The summed E-state index contributed by atoms with van der Waals surface area (Å²) in [4.78, 5) is 14.0. The van der Waals surface area contributed by atoms with E-state index in [1.54, 1.807) is 0 Å². The zero-order valence-corrected chi connectivity index (χ0v) is 6.87. The molecule has 1 heterocycles. The Morgan fingerprint density at radius 2 is 2.14 bits per heavy atom. The lowest BCUT2D eigenvalue weighted by atomic mass is 10.1. The van der Waals surface area contributed by atoms with E-state index in [4.69, 9.17) is 16.6 Å². The van der Waals surface area contributed by atoms with E-state index in [1.165, 1.54) is 0 Å². The first-order valence-corrected chi connectivity index (χ1v) is 3.50. The molecule has 0 spiro atoms. The summed E-state index contributed by atoms with van der Waals surface area (Å²) in [5.41, 5.74) is 8.12. The second-order valence-electron chi connectivity index (χ2n) is 2.48. The molecule has 0 bridgehead atoms. The van der Waals surface area contributed by atoms with Gasteiger partial charge in [0.15, 0.2) is 5.69 Å². The number of rotatable bonds is 2. The van der Waals surface area contributed by atoms with Crippen molar-refractivity contribution in [2.45, 2.75) is 6.43 Å². The van der Waals surface area contributed by atoms with Gasteiger partial charge in [0, 0.05) is 0 Å². The smallest absolute Gasteiger partial charge is 0.269 e. The van der Waals surface area contributed by atoms with Crippen molar-refractivity contribution in [1.82, 2.24) is 4.98 Å². The molecule has 0 fully saturated rings. The topological polar surface area (TPSA) is 102 Å². The van der Waals surface area contributed by atoms with Crippen molar-refractivity contribution in [2.75, 3.05) is 5.73 Å². The fourth-order valence-corrected chi connectivity index (χ4v) is 0.956. The van der Waals surface area contributed by atoms with Crippen LogP contribution in [0.4, 0.5) is 14.5 Å². The number of nitrogen functional groups attached to an aromatic ring is 1. The third kappa shape index (κ3) is 1.56. The average Bonchev–Trinajstić information content (AvgIpc) is 2.02. The molecule has 14 heavy (non-hydrogen) atoms. The number of primary amides is 1. The van der Waals surface area contributed by atoms with Crippen LogP contribution in [-0.4, -0.2) is 16.0 Å². The van der Waals surface area contributed by atoms with Gasteiger partial charge in [-0.3, -0.25) is 4.79 Å². The van der Waals surface area contributed by atoms with Gasteiger partial charge >= 0.3 is 0 Å². The molecule has 0 aliphatic carbocycles. The van der Waals surface area contributed by atoms with E-state index < -0.39 is 35.0 Å². The van der Waals surface area contributed by atoms with Crippen molar-refractivity contribution in [1.29, 1.82) is 0 Å². The SMILES string of the molecule is NC(=O)c1ncc(O)c(C(F)F)c1N. The molecule has 1 amide bonds. The summed E-state index contributed by atoms with van der Waals surface area (Å²) in [6.45, 7) is 0. The maximum absolute atomic E-state index is 12.3. The number of nitrogens with zero attached hydrogens (tertiary/aromatic N) is 1. The van der Waals surface area contributed by atoms with Crippen LogP contribution in [-0.2, 0) is 0 Å². The van der Waals surface area contributed by atoms with Crippen LogP contribution in [0.25, 0.3) is 0 Å². The van der Waals surface area contributed by atoms with Crippen molar-refractivity contribution in [2.24, 2.45) is 5.73 Å². The van der Waals surface area contributed by atoms with Crippen LogP contribution >= 0.6 is 0 Å². The minimum absolute atomic E-state index is 0.474. The quantitative estimate of drug-likeness (QED) is 0.647. The highest BCUT2D eigenvalue weighted by molar-refractivity contribution is 5.96. The van der Waals surface area contributed by atoms with Gasteiger partial charge in [-0.15, -0.1) is 0 Å². The molecule has 0 aliphatic heterocycles. The molecule has 7 heteroatoms. The summed E-state index contributed by atoms with van der Waals surface area (Å²) in [6.07, 6.45) is -2.28. The standard InChI is InChI=1S/C7H7F2N3O2/c8-6(9)3-2(13)1-12-5(4(3)10)7(11)14/h1,6,13H,10H2,(H2,11,14). The monoisotopic (exact) mass is 203 g/mol. The second-order valence-corrected chi connectivity index (χ2v) is 2.48. The molecule has 76 valence electrons. The predicted molar refractivity (Wildman–Crippen MR) is 43.8 cm³/mol. The highest BCUT2D eigenvalue weighted by atomic mass is 19.3. The number of pyridine rings is 1. The first-order valence-electron chi connectivity index (χ1n) is 3.50. The molecular weight excluding hydrogens is 196 g/mol. The average molecular weight is 203 g/mol. The maximum atomic E-state index is 12.3. The lowest BCUT2D eigenvalue weighted by Crippen LogP contribution is -2.16. The fraction of sp³-hybridized carbons (Fsp3) is 0.143. The van der Waals surface area contributed by atoms with E-state index in [9.17, 15) is 13.6 Å². The van der Waals surface area contributed by atoms with Crippen molar-refractivity contribution in [3.05, 3.63) is 17.5 Å². The highest BCUT2D eigenvalue weighted by Gasteiger charge is 2.21. The summed E-state index contributed by atoms with van der Waals surface area (Å²) in [7, 11) is 0. The summed E-state index contributed by atoms with van der Waals surface area (Å²) < 4.78 is 24.6. The van der Waals surface area contributed by atoms with E-state index in [0.717, 1.165) is 0 Å². The lowest BCUT2D eigenvalue weighted by molar-refractivity contribution is 0.0996. The zero-order valence-electron chi connectivity index (χ0n) is 6.87. The zero-order chi connectivity index (χ0) is 10.9. The first kappa shape index (κ1) is 10.2. The number of hydrogen-bond acceptors (Lipinski definition) is 4. The van der Waals surface area contributed by atoms with Crippen molar-refractivity contribution in [3.8, 4) is 5.75 Å². The molecule has 0 atom stereocenters. The van der Waals surface area contributed by atoms with E-state index in [0.29, 0.717) is 6.20 Å². The Hall–Kier alpha value is -1.92. The van der Waals surface area contributed by atoms with Gasteiger partial charge in [-0.25, -0.2) is 13.8 Å². The molecule has 0 aromatic carbocycles. The normalized spacial score (nSPS) is 10.5. The van der Waals surface area contributed by atoms with Gasteiger partial charge in [-0.05, 0) is 0 Å². The second kappa shape index (κ2) is 3.44. The molecule has 5 N–H and O–H groups in total. The van der Waals surface area contributed by atoms with Crippen LogP contribution in [0.15, 0.2) is 6.20 Å². The molecule has 0 unspecified atom stereocenters. The number of hydrogen-bond donors (Lipinski definition) is 3. The van der Waals surface area contributed by atoms with Gasteiger partial charge in [-0.1, -0.05) is 0 Å². The van der Waals surface area contributed by atoms with Crippen LogP contribution in [0.5, 0.6) is 5.75 Å². The number of alkyl halides is 2. The van der Waals surface area contributed by atoms with Crippen LogP contribution < -0.4 is 11.5 Å². The number of aromatic nitrogens is 1. The van der Waals surface area contributed by atoms with E-state index in [2.05, 4.69) is 4.98 Å². The number of amides is 1. The molecule has 0 radical (unpaired) electrons. The van der Waals surface area contributed by atoms with E-state index in [-0.39, 0.29) is 0 Å². The largest absolute Gasteiger partial charge is 0.506 e. The minimum atomic E-state index is -2.99. The van der Waals surface area contributed by atoms with Crippen molar-refractivity contribution < 1.29 is 18.7 Å². The van der Waals surface area contributed by atoms with Crippen LogP contribution in [0.2, 0.25) is 0 Å². The molecule has 1 rings (SSSR count). The number of carbonyl (C=O) groups excluding carboxylic acids is 1. The van der Waals surface area contributed by atoms with Crippen molar-refractivity contribution in [3.63, 3.8) is 0 Å². The fourth-order valence-electron chi connectivity index (χ4n) is 0.956. The maximum Gasteiger partial charge on any atom is 0.269 e. The minimum Gasteiger partial charge on any atom is -0.506 e. The van der Waals surface area contributed by atoms with Crippen LogP contribution in [0.3, 0.4) is 0 Å². The summed E-state index contributed by atoms with van der Waals surface area (Å²) in [5.74, 6) is -1.79. The third-order valence-electron chi connectivity index (χ3n) is 1.59. The Kier molecular flexibility index (Phi) is 2.50. The van der Waals surface area contributed by atoms with Crippen LogP contribution in [0.1, 0.15) is 22.5 Å². The Morgan fingerprint density at radius 3 is 2.57 bits per heavy atom. The summed E-state index contributed by atoms with van der Waals surface area (Å²) in [5, 5.41) is 8.99. The molecule has 0 saturated carbocycles. The lowest BCUT2D eigenvalue weighted by Gasteiger charge is -2.08. The van der Waals surface area contributed by atoms with Crippen LogP contribution in [0, 0.1) is 0 Å².